The Kier molecular flexibility index (Phi) is 3.34. The summed E-state index contributed by atoms with van der Waals surface area (Å²) in [7, 11) is 0. The maximum atomic E-state index is 5.81. The number of rotatable bonds is 3. The highest BCUT2D eigenvalue weighted by Gasteiger charge is 2.29. The van der Waals surface area contributed by atoms with E-state index in [1.165, 1.54) is 6.42 Å². The van der Waals surface area contributed by atoms with Gasteiger partial charge < -0.3 is 5.73 Å². The van der Waals surface area contributed by atoms with E-state index >= 15 is 0 Å². The van der Waals surface area contributed by atoms with E-state index in [2.05, 4.69) is 22.9 Å². The molecule has 2 unspecified atom stereocenters. The van der Waals surface area contributed by atoms with Gasteiger partial charge in [0.25, 0.3) is 0 Å². The first-order valence-electron chi connectivity index (χ1n) is 5.65. The van der Waals surface area contributed by atoms with Crippen LogP contribution in [-0.2, 0) is 6.54 Å². The molecule has 2 heterocycles. The van der Waals surface area contributed by atoms with Crippen LogP contribution in [0.1, 0.15) is 19.0 Å². The van der Waals surface area contributed by atoms with Crippen LogP contribution >= 0.6 is 0 Å². The lowest BCUT2D eigenvalue weighted by atomic mass is 10.0. The van der Waals surface area contributed by atoms with Crippen molar-refractivity contribution in [1.82, 2.24) is 9.88 Å². The Balaban J connectivity index is 2.00. The Morgan fingerprint density at radius 3 is 3.07 bits per heavy atom. The van der Waals surface area contributed by atoms with Crippen LogP contribution in [0.2, 0.25) is 0 Å². The summed E-state index contributed by atoms with van der Waals surface area (Å²) < 4.78 is 0. The number of hydrogen-bond donors (Lipinski definition) is 1. The molecule has 1 aromatic heterocycles. The van der Waals surface area contributed by atoms with Crippen molar-refractivity contribution in [3.05, 3.63) is 30.1 Å². The average molecular weight is 205 g/mol. The average Bonchev–Trinajstić information content (AvgIpc) is 2.61. The van der Waals surface area contributed by atoms with Crippen LogP contribution in [0.5, 0.6) is 0 Å². The number of pyridine rings is 1. The summed E-state index contributed by atoms with van der Waals surface area (Å²) in [5, 5.41) is 0. The fraction of sp³-hybridized carbons (Fsp3) is 0.583. The Morgan fingerprint density at radius 1 is 1.53 bits per heavy atom. The first-order chi connectivity index (χ1) is 7.31. The van der Waals surface area contributed by atoms with Crippen LogP contribution in [0.15, 0.2) is 24.4 Å². The highest BCUT2D eigenvalue weighted by atomic mass is 15.2. The highest BCUT2D eigenvalue weighted by Crippen LogP contribution is 2.24. The van der Waals surface area contributed by atoms with Crippen LogP contribution < -0.4 is 5.73 Å². The molecule has 0 bridgehead atoms. The summed E-state index contributed by atoms with van der Waals surface area (Å²) in [4.78, 5) is 6.80. The number of hydrogen-bond acceptors (Lipinski definition) is 3. The zero-order valence-electron chi connectivity index (χ0n) is 9.26. The van der Waals surface area contributed by atoms with Crippen molar-refractivity contribution in [2.45, 2.75) is 25.9 Å². The molecule has 2 rings (SSSR count). The van der Waals surface area contributed by atoms with Gasteiger partial charge in [-0.3, -0.25) is 9.88 Å². The Morgan fingerprint density at radius 2 is 2.40 bits per heavy atom. The van der Waals surface area contributed by atoms with E-state index in [0.717, 1.165) is 31.2 Å². The minimum atomic E-state index is 0.534. The van der Waals surface area contributed by atoms with Crippen molar-refractivity contribution < 1.29 is 0 Å². The summed E-state index contributed by atoms with van der Waals surface area (Å²) in [6.45, 7) is 5.14. The molecule has 2 atom stereocenters. The van der Waals surface area contributed by atoms with Crippen molar-refractivity contribution in [2.24, 2.45) is 11.7 Å². The van der Waals surface area contributed by atoms with Gasteiger partial charge in [-0.25, -0.2) is 0 Å². The van der Waals surface area contributed by atoms with Crippen molar-refractivity contribution >= 4 is 0 Å². The van der Waals surface area contributed by atoms with E-state index in [1.54, 1.807) is 0 Å². The summed E-state index contributed by atoms with van der Waals surface area (Å²) in [5.74, 6) is 0.721. The molecule has 3 heteroatoms. The van der Waals surface area contributed by atoms with E-state index in [-0.39, 0.29) is 0 Å². The Hall–Kier alpha value is -0.930. The van der Waals surface area contributed by atoms with Gasteiger partial charge in [0.05, 0.1) is 5.69 Å². The number of nitrogens with zero attached hydrogens (tertiary/aromatic N) is 2. The molecule has 1 aromatic rings. The van der Waals surface area contributed by atoms with Crippen molar-refractivity contribution in [1.29, 1.82) is 0 Å². The molecule has 0 aliphatic carbocycles. The monoisotopic (exact) mass is 205 g/mol. The molecule has 15 heavy (non-hydrogen) atoms. The summed E-state index contributed by atoms with van der Waals surface area (Å²) in [6, 6.07) is 6.61. The zero-order chi connectivity index (χ0) is 10.7. The standard InChI is InChI=1S/C12H19N3/c1-10-5-7-15(12(10)8-13)9-11-4-2-3-6-14-11/h2-4,6,10,12H,5,7-9,13H2,1H3. The second kappa shape index (κ2) is 4.73. The largest absolute Gasteiger partial charge is 0.329 e. The lowest BCUT2D eigenvalue weighted by Crippen LogP contribution is -2.38. The zero-order valence-corrected chi connectivity index (χ0v) is 9.26. The van der Waals surface area contributed by atoms with E-state index in [9.17, 15) is 0 Å². The maximum Gasteiger partial charge on any atom is 0.0544 e. The Bertz CT molecular complexity index is 299. The minimum absolute atomic E-state index is 0.534. The molecule has 82 valence electrons. The Labute approximate surface area is 91.3 Å². The lowest BCUT2D eigenvalue weighted by Gasteiger charge is -2.24. The van der Waals surface area contributed by atoms with Gasteiger partial charge in [-0.1, -0.05) is 13.0 Å². The molecule has 1 aliphatic rings. The van der Waals surface area contributed by atoms with Crippen LogP contribution in [0, 0.1) is 5.92 Å². The van der Waals surface area contributed by atoms with E-state index in [1.807, 2.05) is 18.3 Å². The van der Waals surface area contributed by atoms with Crippen molar-refractivity contribution in [3.63, 3.8) is 0 Å². The number of likely N-dealkylation sites (tertiary alicyclic amines) is 1. The van der Waals surface area contributed by atoms with E-state index < -0.39 is 0 Å². The SMILES string of the molecule is CC1CCN(Cc2ccccn2)C1CN. The lowest BCUT2D eigenvalue weighted by molar-refractivity contribution is 0.226. The molecular formula is C12H19N3. The molecule has 0 saturated carbocycles. The first-order valence-corrected chi connectivity index (χ1v) is 5.65. The molecule has 1 saturated heterocycles. The van der Waals surface area contributed by atoms with E-state index in [0.29, 0.717) is 6.04 Å². The van der Waals surface area contributed by atoms with E-state index in [4.69, 9.17) is 5.73 Å². The van der Waals surface area contributed by atoms with Crippen molar-refractivity contribution in [3.8, 4) is 0 Å². The minimum Gasteiger partial charge on any atom is -0.329 e. The highest BCUT2D eigenvalue weighted by molar-refractivity contribution is 5.04. The maximum absolute atomic E-state index is 5.81. The molecule has 0 aromatic carbocycles. The molecule has 0 spiro atoms. The topological polar surface area (TPSA) is 42.2 Å². The summed E-state index contributed by atoms with van der Waals surface area (Å²) >= 11 is 0. The van der Waals surface area contributed by atoms with Gasteiger partial charge in [-0.05, 0) is 31.0 Å². The predicted octanol–water partition coefficient (Wildman–Crippen LogP) is 1.25. The summed E-state index contributed by atoms with van der Waals surface area (Å²) in [5.41, 5.74) is 6.95. The van der Waals surface area contributed by atoms with Gasteiger partial charge in [0, 0.05) is 25.3 Å². The van der Waals surface area contributed by atoms with Gasteiger partial charge in [0.1, 0.15) is 0 Å². The summed E-state index contributed by atoms with van der Waals surface area (Å²) in [6.07, 6.45) is 3.11. The van der Waals surface area contributed by atoms with Crippen LogP contribution in [0.4, 0.5) is 0 Å². The van der Waals surface area contributed by atoms with Gasteiger partial charge >= 0.3 is 0 Å². The van der Waals surface area contributed by atoms with Crippen LogP contribution in [-0.4, -0.2) is 29.0 Å². The predicted molar refractivity (Wildman–Crippen MR) is 61.3 cm³/mol. The molecule has 2 N–H and O–H groups in total. The van der Waals surface area contributed by atoms with Gasteiger partial charge in [0.2, 0.25) is 0 Å². The van der Waals surface area contributed by atoms with Crippen molar-refractivity contribution in [2.75, 3.05) is 13.1 Å². The smallest absolute Gasteiger partial charge is 0.0544 e. The second-order valence-electron chi connectivity index (χ2n) is 4.36. The van der Waals surface area contributed by atoms with Crippen LogP contribution in [0.25, 0.3) is 0 Å². The molecule has 1 fully saturated rings. The fourth-order valence-corrected chi connectivity index (χ4v) is 2.36. The second-order valence-corrected chi connectivity index (χ2v) is 4.36. The number of nitrogens with two attached hydrogens (primary N) is 1. The first kappa shape index (κ1) is 10.6. The van der Waals surface area contributed by atoms with Crippen LogP contribution in [0.3, 0.4) is 0 Å². The molecule has 3 nitrogen and oxygen atoms in total. The normalized spacial score (nSPS) is 27.1. The van der Waals surface area contributed by atoms with Gasteiger partial charge in [-0.2, -0.15) is 0 Å². The molecule has 0 radical (unpaired) electrons. The molecular weight excluding hydrogens is 186 g/mol. The quantitative estimate of drug-likeness (QED) is 0.807. The number of aromatic nitrogens is 1. The van der Waals surface area contributed by atoms with Gasteiger partial charge in [-0.15, -0.1) is 0 Å². The third kappa shape index (κ3) is 2.36. The fourth-order valence-electron chi connectivity index (χ4n) is 2.36. The third-order valence-electron chi connectivity index (χ3n) is 3.33. The van der Waals surface area contributed by atoms with Gasteiger partial charge in [0.15, 0.2) is 0 Å². The molecule has 1 aliphatic heterocycles. The molecule has 0 amide bonds. The third-order valence-corrected chi connectivity index (χ3v) is 3.33.